The van der Waals surface area contributed by atoms with Crippen LogP contribution in [0.2, 0.25) is 0 Å². The summed E-state index contributed by atoms with van der Waals surface area (Å²) in [4.78, 5) is 2.24. The van der Waals surface area contributed by atoms with Gasteiger partial charge in [0.15, 0.2) is 0 Å². The Kier molecular flexibility index (Phi) is 10.0. The fourth-order valence-corrected chi connectivity index (χ4v) is 1.93. The van der Waals surface area contributed by atoms with Crippen LogP contribution in [0.3, 0.4) is 0 Å². The molecule has 0 amide bonds. The topological polar surface area (TPSA) is 57.0 Å². The van der Waals surface area contributed by atoms with Gasteiger partial charge in [-0.2, -0.15) is 0 Å². The lowest BCUT2D eigenvalue weighted by Crippen LogP contribution is -2.23. The molecular weight excluding hydrogens is 268 g/mol. The number of nitrogens with two attached hydrogens (primary N) is 1. The van der Waals surface area contributed by atoms with Crippen molar-refractivity contribution in [2.75, 3.05) is 53.7 Å². The molecule has 5 heteroatoms. The molecule has 0 unspecified atom stereocenters. The van der Waals surface area contributed by atoms with Crippen molar-refractivity contribution in [1.29, 1.82) is 0 Å². The Morgan fingerprint density at radius 1 is 1.00 bits per heavy atom. The van der Waals surface area contributed by atoms with Gasteiger partial charge in [-0.25, -0.2) is 0 Å². The molecule has 120 valence electrons. The van der Waals surface area contributed by atoms with Crippen LogP contribution in [0.25, 0.3) is 0 Å². The van der Waals surface area contributed by atoms with E-state index in [4.69, 9.17) is 19.9 Å². The predicted octanol–water partition coefficient (Wildman–Crippen LogP) is 1.26. The summed E-state index contributed by atoms with van der Waals surface area (Å²) in [5.41, 5.74) is 8.11. The van der Waals surface area contributed by atoms with Crippen molar-refractivity contribution in [3.63, 3.8) is 0 Å². The Labute approximate surface area is 128 Å². The second-order valence-electron chi connectivity index (χ2n) is 4.98. The molecular formula is C16H28N2O3. The van der Waals surface area contributed by atoms with Gasteiger partial charge in [0.05, 0.1) is 33.0 Å². The summed E-state index contributed by atoms with van der Waals surface area (Å²) in [6.45, 7) is 5.59. The summed E-state index contributed by atoms with van der Waals surface area (Å²) in [6, 6.07) is 8.39. The van der Waals surface area contributed by atoms with E-state index in [1.165, 1.54) is 11.1 Å². The van der Waals surface area contributed by atoms with E-state index in [2.05, 4.69) is 36.2 Å². The minimum Gasteiger partial charge on any atom is -0.382 e. The number of likely N-dealkylation sites (N-methyl/N-ethyl adjacent to an activating group) is 1. The molecule has 0 spiro atoms. The first-order valence-corrected chi connectivity index (χ1v) is 7.37. The minimum absolute atomic E-state index is 0.587. The van der Waals surface area contributed by atoms with E-state index >= 15 is 0 Å². The van der Waals surface area contributed by atoms with Crippen LogP contribution in [0.4, 0.5) is 0 Å². The lowest BCUT2D eigenvalue weighted by molar-refractivity contribution is 0.0205. The van der Waals surface area contributed by atoms with Crippen molar-refractivity contribution < 1.29 is 14.2 Å². The molecule has 0 aromatic heterocycles. The van der Waals surface area contributed by atoms with Crippen LogP contribution >= 0.6 is 0 Å². The first-order valence-electron chi connectivity index (χ1n) is 7.37. The monoisotopic (exact) mass is 296 g/mol. The number of methoxy groups -OCH3 is 1. The maximum Gasteiger partial charge on any atom is 0.0701 e. The third-order valence-corrected chi connectivity index (χ3v) is 3.10. The quantitative estimate of drug-likeness (QED) is 0.588. The predicted molar refractivity (Wildman–Crippen MR) is 84.2 cm³/mol. The van der Waals surface area contributed by atoms with Gasteiger partial charge in [-0.1, -0.05) is 24.3 Å². The van der Waals surface area contributed by atoms with Crippen molar-refractivity contribution in [3.8, 4) is 0 Å². The fourth-order valence-electron chi connectivity index (χ4n) is 1.93. The molecule has 0 atom stereocenters. The molecule has 0 aliphatic heterocycles. The summed E-state index contributed by atoms with van der Waals surface area (Å²) in [5.74, 6) is 0. The molecule has 0 saturated heterocycles. The molecule has 1 aromatic carbocycles. The third-order valence-electron chi connectivity index (χ3n) is 3.10. The number of benzene rings is 1. The van der Waals surface area contributed by atoms with Gasteiger partial charge in [0, 0.05) is 26.7 Å². The van der Waals surface area contributed by atoms with Crippen LogP contribution in [0.5, 0.6) is 0 Å². The zero-order chi connectivity index (χ0) is 15.3. The number of hydrogen-bond acceptors (Lipinski definition) is 5. The lowest BCUT2D eigenvalue weighted by atomic mass is 10.1. The molecule has 0 aliphatic rings. The van der Waals surface area contributed by atoms with E-state index in [9.17, 15) is 0 Å². The average Bonchev–Trinajstić information content (AvgIpc) is 2.50. The smallest absolute Gasteiger partial charge is 0.0701 e. The Hall–Kier alpha value is -0.980. The van der Waals surface area contributed by atoms with E-state index in [-0.39, 0.29) is 0 Å². The Bertz CT molecular complexity index is 374. The van der Waals surface area contributed by atoms with E-state index in [1.807, 2.05) is 0 Å². The Morgan fingerprint density at radius 3 is 2.38 bits per heavy atom. The van der Waals surface area contributed by atoms with Crippen molar-refractivity contribution in [1.82, 2.24) is 4.90 Å². The first kappa shape index (κ1) is 18.1. The second kappa shape index (κ2) is 11.7. The number of hydrogen-bond donors (Lipinski definition) is 1. The van der Waals surface area contributed by atoms with Crippen molar-refractivity contribution in [2.24, 2.45) is 5.73 Å². The van der Waals surface area contributed by atoms with Crippen LogP contribution in [0, 0.1) is 0 Å². The summed E-state index contributed by atoms with van der Waals surface area (Å²) in [5, 5.41) is 0. The first-order chi connectivity index (χ1) is 10.3. The number of nitrogens with zero attached hydrogens (tertiary/aromatic N) is 1. The molecule has 1 aromatic rings. The van der Waals surface area contributed by atoms with Crippen molar-refractivity contribution in [3.05, 3.63) is 35.4 Å². The molecule has 2 N–H and O–H groups in total. The van der Waals surface area contributed by atoms with Gasteiger partial charge in [-0.15, -0.1) is 0 Å². The summed E-state index contributed by atoms with van der Waals surface area (Å²) < 4.78 is 15.8. The molecule has 0 aliphatic carbocycles. The lowest BCUT2D eigenvalue weighted by Gasteiger charge is -2.17. The van der Waals surface area contributed by atoms with Crippen LogP contribution in [0.15, 0.2) is 24.3 Å². The van der Waals surface area contributed by atoms with Crippen LogP contribution < -0.4 is 5.73 Å². The fraction of sp³-hybridized carbons (Fsp3) is 0.625. The highest BCUT2D eigenvalue weighted by atomic mass is 16.5. The van der Waals surface area contributed by atoms with Gasteiger partial charge in [-0.3, -0.25) is 4.90 Å². The van der Waals surface area contributed by atoms with Crippen molar-refractivity contribution in [2.45, 2.75) is 13.1 Å². The van der Waals surface area contributed by atoms with E-state index < -0.39 is 0 Å². The van der Waals surface area contributed by atoms with Gasteiger partial charge in [0.25, 0.3) is 0 Å². The Balaban J connectivity index is 2.07. The van der Waals surface area contributed by atoms with Gasteiger partial charge >= 0.3 is 0 Å². The summed E-state index contributed by atoms with van der Waals surface area (Å²) in [6.07, 6.45) is 0. The number of ether oxygens (including phenoxy) is 3. The van der Waals surface area contributed by atoms with Gasteiger partial charge in [0.2, 0.25) is 0 Å². The summed E-state index contributed by atoms with van der Waals surface area (Å²) in [7, 11) is 3.76. The largest absolute Gasteiger partial charge is 0.382 e. The van der Waals surface area contributed by atoms with Gasteiger partial charge in [-0.05, 0) is 18.2 Å². The molecule has 5 nitrogen and oxygen atoms in total. The standard InChI is InChI=1S/C16H28N2O3/c1-18(6-7-20-10-11-21-9-8-19-2)14-16-5-3-4-15(12-16)13-17/h3-5,12H,6-11,13-14,17H2,1-2H3. The van der Waals surface area contributed by atoms with E-state index in [1.54, 1.807) is 7.11 Å². The highest BCUT2D eigenvalue weighted by Gasteiger charge is 2.01. The van der Waals surface area contributed by atoms with Gasteiger partial charge in [0.1, 0.15) is 0 Å². The third kappa shape index (κ3) is 8.80. The maximum atomic E-state index is 5.65. The van der Waals surface area contributed by atoms with Crippen molar-refractivity contribution >= 4 is 0 Å². The molecule has 0 heterocycles. The molecule has 1 rings (SSSR count). The molecule has 0 fully saturated rings. The van der Waals surface area contributed by atoms with E-state index in [0.29, 0.717) is 39.6 Å². The maximum absolute atomic E-state index is 5.65. The highest BCUT2D eigenvalue weighted by molar-refractivity contribution is 5.23. The zero-order valence-electron chi connectivity index (χ0n) is 13.2. The summed E-state index contributed by atoms with van der Waals surface area (Å²) >= 11 is 0. The van der Waals surface area contributed by atoms with Gasteiger partial charge < -0.3 is 19.9 Å². The normalized spacial score (nSPS) is 11.2. The minimum atomic E-state index is 0.587. The highest BCUT2D eigenvalue weighted by Crippen LogP contribution is 2.06. The molecule has 0 saturated carbocycles. The second-order valence-corrected chi connectivity index (χ2v) is 4.98. The van der Waals surface area contributed by atoms with Crippen LogP contribution in [0.1, 0.15) is 11.1 Å². The zero-order valence-corrected chi connectivity index (χ0v) is 13.2. The molecule has 0 bridgehead atoms. The van der Waals surface area contributed by atoms with E-state index in [0.717, 1.165) is 13.1 Å². The Morgan fingerprint density at radius 2 is 1.67 bits per heavy atom. The number of rotatable bonds is 12. The van der Waals surface area contributed by atoms with Crippen LogP contribution in [-0.4, -0.2) is 58.6 Å². The average molecular weight is 296 g/mol. The SMILES string of the molecule is COCCOCCOCCN(C)Cc1cccc(CN)c1. The van der Waals surface area contributed by atoms with Crippen LogP contribution in [-0.2, 0) is 27.3 Å². The molecule has 21 heavy (non-hydrogen) atoms. The molecule has 0 radical (unpaired) electrons.